The van der Waals surface area contributed by atoms with Crippen LogP contribution in [0, 0.1) is 0 Å². The summed E-state index contributed by atoms with van der Waals surface area (Å²) in [6.07, 6.45) is 0. The lowest BCUT2D eigenvalue weighted by Gasteiger charge is -2.33. The zero-order valence-electron chi connectivity index (χ0n) is 14.1. The number of halogens is 2. The fourth-order valence-electron chi connectivity index (χ4n) is 2.80. The SMILES string of the molecule is O=S(=O)(c1ccc(Br)cc1)N1CCN(CCOc2ccccc2Cl)CC1. The van der Waals surface area contributed by atoms with E-state index in [1.807, 2.05) is 18.2 Å². The normalized spacial score (nSPS) is 16.5. The molecule has 0 unspecified atom stereocenters. The van der Waals surface area contributed by atoms with Crippen LogP contribution in [-0.2, 0) is 10.0 Å². The Balaban J connectivity index is 1.49. The highest BCUT2D eigenvalue weighted by Crippen LogP contribution is 2.23. The lowest BCUT2D eigenvalue weighted by Crippen LogP contribution is -2.49. The Bertz CT molecular complexity index is 838. The van der Waals surface area contributed by atoms with Gasteiger partial charge < -0.3 is 4.74 Å². The summed E-state index contributed by atoms with van der Waals surface area (Å²) in [4.78, 5) is 2.53. The maximum Gasteiger partial charge on any atom is 0.243 e. The van der Waals surface area contributed by atoms with Gasteiger partial charge >= 0.3 is 0 Å². The molecule has 0 atom stereocenters. The molecule has 0 amide bonds. The molecule has 2 aromatic carbocycles. The van der Waals surface area contributed by atoms with E-state index >= 15 is 0 Å². The van der Waals surface area contributed by atoms with Gasteiger partial charge in [0.25, 0.3) is 0 Å². The van der Waals surface area contributed by atoms with E-state index in [9.17, 15) is 8.42 Å². The zero-order valence-corrected chi connectivity index (χ0v) is 17.3. The molecule has 2 aromatic rings. The van der Waals surface area contributed by atoms with Crippen LogP contribution >= 0.6 is 27.5 Å². The van der Waals surface area contributed by atoms with E-state index in [1.54, 1.807) is 34.6 Å². The molecule has 26 heavy (non-hydrogen) atoms. The summed E-state index contributed by atoms with van der Waals surface area (Å²) in [6, 6.07) is 14.1. The van der Waals surface area contributed by atoms with Crippen LogP contribution in [0.2, 0.25) is 5.02 Å². The highest BCUT2D eigenvalue weighted by atomic mass is 79.9. The van der Waals surface area contributed by atoms with Crippen molar-refractivity contribution < 1.29 is 13.2 Å². The third-order valence-corrected chi connectivity index (χ3v) is 7.04. The van der Waals surface area contributed by atoms with E-state index in [0.29, 0.717) is 48.5 Å². The van der Waals surface area contributed by atoms with Gasteiger partial charge in [-0.2, -0.15) is 4.31 Å². The Labute approximate surface area is 167 Å². The Morgan fingerprint density at radius 3 is 2.31 bits per heavy atom. The van der Waals surface area contributed by atoms with E-state index in [-0.39, 0.29) is 0 Å². The summed E-state index contributed by atoms with van der Waals surface area (Å²) in [5.74, 6) is 0.672. The summed E-state index contributed by atoms with van der Waals surface area (Å²) in [5.41, 5.74) is 0. The Kier molecular flexibility index (Phi) is 6.58. The Morgan fingerprint density at radius 1 is 1.00 bits per heavy atom. The van der Waals surface area contributed by atoms with Crippen molar-refractivity contribution in [2.45, 2.75) is 4.90 Å². The molecule has 0 radical (unpaired) electrons. The van der Waals surface area contributed by atoms with E-state index in [4.69, 9.17) is 16.3 Å². The molecule has 140 valence electrons. The average molecular weight is 460 g/mol. The molecule has 0 aromatic heterocycles. The van der Waals surface area contributed by atoms with Crippen LogP contribution in [0.25, 0.3) is 0 Å². The number of benzene rings is 2. The second kappa shape index (κ2) is 8.71. The summed E-state index contributed by atoms with van der Waals surface area (Å²) >= 11 is 9.39. The number of para-hydroxylation sites is 1. The monoisotopic (exact) mass is 458 g/mol. The lowest BCUT2D eigenvalue weighted by atomic mass is 10.3. The van der Waals surface area contributed by atoms with Crippen LogP contribution in [0.15, 0.2) is 57.9 Å². The molecule has 1 heterocycles. The van der Waals surface area contributed by atoms with Gasteiger partial charge in [0.1, 0.15) is 12.4 Å². The van der Waals surface area contributed by atoms with Crippen LogP contribution in [0.1, 0.15) is 0 Å². The number of nitrogens with zero attached hydrogens (tertiary/aromatic N) is 2. The summed E-state index contributed by atoms with van der Waals surface area (Å²) in [5, 5.41) is 0.595. The van der Waals surface area contributed by atoms with Crippen molar-refractivity contribution in [3.63, 3.8) is 0 Å². The second-order valence-corrected chi connectivity index (χ2v) is 9.24. The molecule has 1 aliphatic rings. The van der Waals surface area contributed by atoms with Crippen molar-refractivity contribution >= 4 is 37.6 Å². The van der Waals surface area contributed by atoms with Crippen molar-refractivity contribution in [3.8, 4) is 5.75 Å². The van der Waals surface area contributed by atoms with Crippen LogP contribution in [0.3, 0.4) is 0 Å². The standard InChI is InChI=1S/C18H20BrClN2O3S/c19-15-5-7-16(8-6-15)26(23,24)22-11-9-21(10-12-22)13-14-25-18-4-2-1-3-17(18)20/h1-8H,9-14H2. The highest BCUT2D eigenvalue weighted by Gasteiger charge is 2.28. The molecule has 8 heteroatoms. The number of hydrogen-bond donors (Lipinski definition) is 0. The zero-order chi connectivity index (χ0) is 18.6. The van der Waals surface area contributed by atoms with E-state index < -0.39 is 10.0 Å². The van der Waals surface area contributed by atoms with Gasteiger partial charge in [0.2, 0.25) is 10.0 Å². The average Bonchev–Trinajstić information content (AvgIpc) is 2.64. The molecular weight excluding hydrogens is 440 g/mol. The fraction of sp³-hybridized carbons (Fsp3) is 0.333. The minimum Gasteiger partial charge on any atom is -0.491 e. The number of sulfonamides is 1. The van der Waals surface area contributed by atoms with Crippen molar-refractivity contribution in [1.82, 2.24) is 9.21 Å². The van der Waals surface area contributed by atoms with Crippen LogP contribution in [0.5, 0.6) is 5.75 Å². The first-order valence-electron chi connectivity index (χ1n) is 8.32. The minimum absolute atomic E-state index is 0.330. The van der Waals surface area contributed by atoms with Gasteiger partial charge in [0, 0.05) is 37.2 Å². The third-order valence-electron chi connectivity index (χ3n) is 4.28. The molecule has 1 aliphatic heterocycles. The molecule has 1 saturated heterocycles. The molecule has 0 bridgehead atoms. The molecular formula is C18H20BrClN2O3S. The van der Waals surface area contributed by atoms with E-state index in [1.165, 1.54) is 0 Å². The molecule has 3 rings (SSSR count). The third kappa shape index (κ3) is 4.78. The van der Waals surface area contributed by atoms with Crippen LogP contribution in [-0.4, -0.2) is 57.0 Å². The van der Waals surface area contributed by atoms with Gasteiger partial charge in [0.05, 0.1) is 9.92 Å². The first kappa shape index (κ1) is 19.6. The quantitative estimate of drug-likeness (QED) is 0.663. The number of rotatable bonds is 6. The van der Waals surface area contributed by atoms with Gasteiger partial charge in [-0.1, -0.05) is 39.7 Å². The molecule has 1 fully saturated rings. The molecule has 0 saturated carbocycles. The van der Waals surface area contributed by atoms with E-state index in [0.717, 1.165) is 11.0 Å². The number of piperazine rings is 1. The van der Waals surface area contributed by atoms with Gasteiger partial charge in [-0.3, -0.25) is 4.90 Å². The first-order valence-corrected chi connectivity index (χ1v) is 10.9. The van der Waals surface area contributed by atoms with Crippen molar-refractivity contribution in [2.75, 3.05) is 39.3 Å². The molecule has 0 spiro atoms. The summed E-state index contributed by atoms with van der Waals surface area (Å²) in [6.45, 7) is 3.57. The Morgan fingerprint density at radius 2 is 1.65 bits per heavy atom. The number of ether oxygens (including phenoxy) is 1. The van der Waals surface area contributed by atoms with Crippen molar-refractivity contribution in [2.24, 2.45) is 0 Å². The maximum absolute atomic E-state index is 12.7. The summed E-state index contributed by atoms with van der Waals surface area (Å²) in [7, 11) is -3.43. The predicted octanol–water partition coefficient (Wildman–Crippen LogP) is 3.49. The molecule has 0 N–H and O–H groups in total. The lowest BCUT2D eigenvalue weighted by molar-refractivity contribution is 0.159. The largest absolute Gasteiger partial charge is 0.491 e. The summed E-state index contributed by atoms with van der Waals surface area (Å²) < 4.78 is 33.5. The number of hydrogen-bond acceptors (Lipinski definition) is 4. The van der Waals surface area contributed by atoms with Crippen LogP contribution in [0.4, 0.5) is 0 Å². The van der Waals surface area contributed by atoms with Crippen molar-refractivity contribution in [1.29, 1.82) is 0 Å². The van der Waals surface area contributed by atoms with Gasteiger partial charge in [0.15, 0.2) is 0 Å². The van der Waals surface area contributed by atoms with E-state index in [2.05, 4.69) is 20.8 Å². The topological polar surface area (TPSA) is 49.9 Å². The predicted molar refractivity (Wildman–Crippen MR) is 106 cm³/mol. The van der Waals surface area contributed by atoms with Crippen LogP contribution < -0.4 is 4.74 Å². The molecule has 0 aliphatic carbocycles. The smallest absolute Gasteiger partial charge is 0.243 e. The van der Waals surface area contributed by atoms with Gasteiger partial charge in [-0.15, -0.1) is 0 Å². The van der Waals surface area contributed by atoms with Crippen molar-refractivity contribution in [3.05, 3.63) is 58.0 Å². The highest BCUT2D eigenvalue weighted by molar-refractivity contribution is 9.10. The fourth-order valence-corrected chi connectivity index (χ4v) is 4.67. The molecule has 5 nitrogen and oxygen atoms in total. The Hall–Kier alpha value is -1.12. The minimum atomic E-state index is -3.43. The second-order valence-electron chi connectivity index (χ2n) is 5.98. The van der Waals surface area contributed by atoms with Gasteiger partial charge in [-0.25, -0.2) is 8.42 Å². The van der Waals surface area contributed by atoms with Gasteiger partial charge in [-0.05, 0) is 36.4 Å². The maximum atomic E-state index is 12.7. The first-order chi connectivity index (χ1) is 12.5.